The number of nitrogens with one attached hydrogen (secondary N) is 1. The van der Waals surface area contributed by atoms with Gasteiger partial charge in [0.05, 0.1) is 17.1 Å². The van der Waals surface area contributed by atoms with Gasteiger partial charge in [-0.05, 0) is 46.5 Å². The predicted octanol–water partition coefficient (Wildman–Crippen LogP) is 1.20. The number of rotatable bonds is 3. The van der Waals surface area contributed by atoms with Crippen LogP contribution < -0.4 is 11.1 Å². The van der Waals surface area contributed by atoms with Crippen LogP contribution in [0.15, 0.2) is 22.7 Å². The third kappa shape index (κ3) is 3.70. The minimum absolute atomic E-state index is 0.00813. The van der Waals surface area contributed by atoms with Gasteiger partial charge in [-0.1, -0.05) is 0 Å². The lowest BCUT2D eigenvalue weighted by molar-refractivity contribution is 0.0947. The van der Waals surface area contributed by atoms with E-state index in [4.69, 9.17) is 5.73 Å². The monoisotopic (exact) mass is 346 g/mol. The molecule has 2 rings (SSSR count). The fraction of sp³-hybridized carbons (Fsp3) is 0.417. The second kappa shape index (κ2) is 5.50. The molecular formula is C12H15BrN2O3S. The van der Waals surface area contributed by atoms with Crippen LogP contribution in [0.2, 0.25) is 0 Å². The molecule has 104 valence electrons. The van der Waals surface area contributed by atoms with E-state index >= 15 is 0 Å². The van der Waals surface area contributed by atoms with Crippen LogP contribution in [0.3, 0.4) is 0 Å². The molecule has 0 bridgehead atoms. The maximum absolute atomic E-state index is 12.0. The van der Waals surface area contributed by atoms with Crippen molar-refractivity contribution in [2.24, 2.45) is 5.92 Å². The van der Waals surface area contributed by atoms with Crippen molar-refractivity contribution in [2.45, 2.75) is 6.42 Å². The molecule has 1 atom stereocenters. The van der Waals surface area contributed by atoms with Crippen LogP contribution in [-0.2, 0) is 9.84 Å². The zero-order valence-corrected chi connectivity index (χ0v) is 12.6. The summed E-state index contributed by atoms with van der Waals surface area (Å²) in [7, 11) is -2.90. The van der Waals surface area contributed by atoms with Gasteiger partial charge < -0.3 is 11.1 Å². The van der Waals surface area contributed by atoms with E-state index in [2.05, 4.69) is 21.2 Å². The van der Waals surface area contributed by atoms with Gasteiger partial charge in [0.15, 0.2) is 9.84 Å². The van der Waals surface area contributed by atoms with E-state index in [1.807, 2.05) is 0 Å². The van der Waals surface area contributed by atoms with Gasteiger partial charge in [-0.3, -0.25) is 4.79 Å². The molecule has 1 saturated heterocycles. The first-order valence-electron chi connectivity index (χ1n) is 5.91. The molecule has 5 nitrogen and oxygen atoms in total. The van der Waals surface area contributed by atoms with Gasteiger partial charge in [-0.25, -0.2) is 8.42 Å². The first-order chi connectivity index (χ1) is 8.87. The molecule has 1 aromatic rings. The lowest BCUT2D eigenvalue weighted by atomic mass is 10.1. The molecule has 0 radical (unpaired) electrons. The second-order valence-corrected chi connectivity index (χ2v) is 7.80. The molecule has 19 heavy (non-hydrogen) atoms. The van der Waals surface area contributed by atoms with Crippen molar-refractivity contribution in [3.05, 3.63) is 28.2 Å². The number of hydrogen-bond acceptors (Lipinski definition) is 4. The molecule has 1 aliphatic rings. The molecule has 1 unspecified atom stereocenters. The molecule has 0 saturated carbocycles. The molecule has 0 aromatic heterocycles. The fourth-order valence-electron chi connectivity index (χ4n) is 2.08. The van der Waals surface area contributed by atoms with Crippen molar-refractivity contribution >= 4 is 37.4 Å². The van der Waals surface area contributed by atoms with Gasteiger partial charge in [-0.2, -0.15) is 0 Å². The average molecular weight is 347 g/mol. The number of anilines is 1. The molecular weight excluding hydrogens is 332 g/mol. The van der Waals surface area contributed by atoms with E-state index < -0.39 is 9.84 Å². The number of benzene rings is 1. The zero-order valence-electron chi connectivity index (χ0n) is 10.2. The van der Waals surface area contributed by atoms with Crippen molar-refractivity contribution in [1.29, 1.82) is 0 Å². The number of amides is 1. The summed E-state index contributed by atoms with van der Waals surface area (Å²) in [6, 6.07) is 5.00. The molecule has 1 fully saturated rings. The highest BCUT2D eigenvalue weighted by Crippen LogP contribution is 2.20. The summed E-state index contributed by atoms with van der Waals surface area (Å²) in [6.45, 7) is 0.374. The number of nitrogen functional groups attached to an aromatic ring is 1. The highest BCUT2D eigenvalue weighted by Gasteiger charge is 2.28. The van der Waals surface area contributed by atoms with E-state index in [1.165, 1.54) is 0 Å². The number of nitrogens with two attached hydrogens (primary N) is 1. The molecule has 1 amide bonds. The Labute approximate surface area is 120 Å². The van der Waals surface area contributed by atoms with E-state index in [0.717, 1.165) is 0 Å². The van der Waals surface area contributed by atoms with Crippen molar-refractivity contribution in [3.63, 3.8) is 0 Å². The summed E-state index contributed by atoms with van der Waals surface area (Å²) < 4.78 is 23.3. The van der Waals surface area contributed by atoms with Crippen molar-refractivity contribution < 1.29 is 13.2 Å². The summed E-state index contributed by atoms with van der Waals surface area (Å²) in [5.41, 5.74) is 6.61. The maximum atomic E-state index is 12.0. The van der Waals surface area contributed by atoms with E-state index in [-0.39, 0.29) is 23.3 Å². The van der Waals surface area contributed by atoms with Crippen LogP contribution in [0, 0.1) is 5.92 Å². The minimum atomic E-state index is -2.90. The predicted molar refractivity (Wildman–Crippen MR) is 77.6 cm³/mol. The summed E-state index contributed by atoms with van der Waals surface area (Å²) in [4.78, 5) is 12.0. The Kier molecular flexibility index (Phi) is 4.15. The Morgan fingerprint density at radius 2 is 2.21 bits per heavy atom. The summed E-state index contributed by atoms with van der Waals surface area (Å²) in [5, 5.41) is 2.76. The van der Waals surface area contributed by atoms with Crippen LogP contribution in [0.4, 0.5) is 5.69 Å². The standard InChI is InChI=1S/C12H15BrN2O3S/c13-11-2-1-9(14)5-10(11)12(16)15-6-8-3-4-19(17,18)7-8/h1-2,5,8H,3-4,6-7,14H2,(H,15,16). The molecule has 0 spiro atoms. The van der Waals surface area contributed by atoms with E-state index in [1.54, 1.807) is 18.2 Å². The zero-order chi connectivity index (χ0) is 14.0. The molecule has 3 N–H and O–H groups in total. The van der Waals surface area contributed by atoms with Gasteiger partial charge in [0, 0.05) is 16.7 Å². The van der Waals surface area contributed by atoms with Gasteiger partial charge in [-0.15, -0.1) is 0 Å². The normalized spacial score (nSPS) is 21.2. The van der Waals surface area contributed by atoms with E-state index in [9.17, 15) is 13.2 Å². The molecule has 1 heterocycles. The quantitative estimate of drug-likeness (QED) is 0.804. The Morgan fingerprint density at radius 3 is 2.84 bits per heavy atom. The third-order valence-corrected chi connectivity index (χ3v) is 5.64. The van der Waals surface area contributed by atoms with Gasteiger partial charge in [0.1, 0.15) is 0 Å². The lowest BCUT2D eigenvalue weighted by Crippen LogP contribution is -2.30. The third-order valence-electron chi connectivity index (χ3n) is 3.11. The molecule has 0 aliphatic carbocycles. The number of carbonyl (C=O) groups is 1. The van der Waals surface area contributed by atoms with Gasteiger partial charge >= 0.3 is 0 Å². The topological polar surface area (TPSA) is 89.3 Å². The van der Waals surface area contributed by atoms with Gasteiger partial charge in [0.25, 0.3) is 5.91 Å². The Morgan fingerprint density at radius 1 is 1.47 bits per heavy atom. The minimum Gasteiger partial charge on any atom is -0.399 e. The van der Waals surface area contributed by atoms with Gasteiger partial charge in [0.2, 0.25) is 0 Å². The second-order valence-electron chi connectivity index (χ2n) is 4.72. The van der Waals surface area contributed by atoms with Crippen molar-refractivity contribution in [3.8, 4) is 0 Å². The maximum Gasteiger partial charge on any atom is 0.252 e. The van der Waals surface area contributed by atoms with Crippen LogP contribution in [0.5, 0.6) is 0 Å². The SMILES string of the molecule is Nc1ccc(Br)c(C(=O)NCC2CCS(=O)(=O)C2)c1. The van der Waals surface area contributed by atoms with Crippen LogP contribution in [-0.4, -0.2) is 32.4 Å². The number of sulfone groups is 1. The molecule has 1 aliphatic heterocycles. The van der Waals surface area contributed by atoms with Crippen molar-refractivity contribution in [1.82, 2.24) is 5.32 Å². The smallest absolute Gasteiger partial charge is 0.252 e. The van der Waals surface area contributed by atoms with Crippen LogP contribution in [0.25, 0.3) is 0 Å². The molecule has 7 heteroatoms. The summed E-state index contributed by atoms with van der Waals surface area (Å²) in [5.74, 6) is 0.137. The lowest BCUT2D eigenvalue weighted by Gasteiger charge is -2.11. The largest absolute Gasteiger partial charge is 0.399 e. The number of halogens is 1. The fourth-order valence-corrected chi connectivity index (χ4v) is 4.37. The van der Waals surface area contributed by atoms with Crippen LogP contribution >= 0.6 is 15.9 Å². The van der Waals surface area contributed by atoms with Crippen molar-refractivity contribution in [2.75, 3.05) is 23.8 Å². The molecule has 1 aromatic carbocycles. The van der Waals surface area contributed by atoms with Crippen LogP contribution in [0.1, 0.15) is 16.8 Å². The Balaban J connectivity index is 1.97. The highest BCUT2D eigenvalue weighted by atomic mass is 79.9. The highest BCUT2D eigenvalue weighted by molar-refractivity contribution is 9.10. The Hall–Kier alpha value is -1.08. The summed E-state index contributed by atoms with van der Waals surface area (Å²) in [6.07, 6.45) is 0.612. The first-order valence-corrected chi connectivity index (χ1v) is 8.52. The summed E-state index contributed by atoms with van der Waals surface area (Å²) >= 11 is 3.29. The Bertz CT molecular complexity index is 601. The first kappa shape index (κ1) is 14.3. The van der Waals surface area contributed by atoms with E-state index in [0.29, 0.717) is 28.7 Å². The number of hydrogen-bond donors (Lipinski definition) is 2. The number of carbonyl (C=O) groups excluding carboxylic acids is 1. The average Bonchev–Trinajstić information content (AvgIpc) is 2.69.